The Morgan fingerprint density at radius 2 is 2.18 bits per heavy atom. The molecule has 0 saturated carbocycles. The van der Waals surface area contributed by atoms with Crippen LogP contribution in [0.3, 0.4) is 0 Å². The monoisotopic (exact) mass is 160 g/mol. The van der Waals surface area contributed by atoms with Gasteiger partial charge in [-0.15, -0.1) is 0 Å². The Hall–Kier alpha value is -0.160. The van der Waals surface area contributed by atoms with Crippen LogP contribution < -0.4 is 5.73 Å². The third-order valence-corrected chi connectivity index (χ3v) is 2.05. The van der Waals surface area contributed by atoms with Gasteiger partial charge in [0.15, 0.2) is 0 Å². The fraction of sp³-hybridized carbons (Fsp3) is 1.00. The summed E-state index contributed by atoms with van der Waals surface area (Å²) < 4.78 is 0. The standard InChI is InChI=1S/C7H16N2O2/c8-1-6-2-9(3-6)4-7(11)5-10/h6-7,10-11H,1-5,8H2. The number of likely N-dealkylation sites (tertiary alicyclic amines) is 1. The maximum Gasteiger partial charge on any atom is 0.0897 e. The van der Waals surface area contributed by atoms with E-state index < -0.39 is 6.10 Å². The van der Waals surface area contributed by atoms with Crippen LogP contribution in [0, 0.1) is 5.92 Å². The maximum atomic E-state index is 9.03. The minimum absolute atomic E-state index is 0.149. The number of hydrogen-bond acceptors (Lipinski definition) is 4. The van der Waals surface area contributed by atoms with Gasteiger partial charge >= 0.3 is 0 Å². The topological polar surface area (TPSA) is 69.7 Å². The van der Waals surface area contributed by atoms with Crippen LogP contribution in [0.4, 0.5) is 0 Å². The molecule has 0 aromatic heterocycles. The van der Waals surface area contributed by atoms with Gasteiger partial charge in [-0.05, 0) is 12.5 Å². The first-order chi connectivity index (χ1) is 5.26. The summed E-state index contributed by atoms with van der Waals surface area (Å²) >= 11 is 0. The van der Waals surface area contributed by atoms with Crippen LogP contribution in [0.5, 0.6) is 0 Å². The Labute approximate surface area is 66.6 Å². The second kappa shape index (κ2) is 4.01. The first kappa shape index (κ1) is 8.93. The molecule has 0 spiro atoms. The lowest BCUT2D eigenvalue weighted by Crippen LogP contribution is -2.52. The lowest BCUT2D eigenvalue weighted by atomic mass is 10.0. The lowest BCUT2D eigenvalue weighted by Gasteiger charge is -2.39. The molecule has 1 aliphatic rings. The Kier molecular flexibility index (Phi) is 3.26. The molecule has 1 rings (SSSR count). The minimum atomic E-state index is -0.589. The average molecular weight is 160 g/mol. The number of aliphatic hydroxyl groups excluding tert-OH is 2. The summed E-state index contributed by atoms with van der Waals surface area (Å²) in [5.41, 5.74) is 5.42. The molecular weight excluding hydrogens is 144 g/mol. The van der Waals surface area contributed by atoms with Gasteiger partial charge in [-0.2, -0.15) is 0 Å². The molecule has 1 fully saturated rings. The van der Waals surface area contributed by atoms with Gasteiger partial charge in [0, 0.05) is 19.6 Å². The van der Waals surface area contributed by atoms with E-state index >= 15 is 0 Å². The summed E-state index contributed by atoms with van der Waals surface area (Å²) in [6.45, 7) is 3.09. The van der Waals surface area contributed by atoms with Crippen LogP contribution in [0.25, 0.3) is 0 Å². The summed E-state index contributed by atoms with van der Waals surface area (Å²) in [6, 6.07) is 0. The molecule has 0 bridgehead atoms. The highest BCUT2D eigenvalue weighted by molar-refractivity contribution is 4.81. The molecule has 66 valence electrons. The van der Waals surface area contributed by atoms with Gasteiger partial charge in [-0.1, -0.05) is 0 Å². The van der Waals surface area contributed by atoms with Crippen molar-refractivity contribution in [2.24, 2.45) is 11.7 Å². The van der Waals surface area contributed by atoms with Crippen molar-refractivity contribution in [2.75, 3.05) is 32.8 Å². The largest absolute Gasteiger partial charge is 0.394 e. The predicted molar refractivity (Wildman–Crippen MR) is 42.1 cm³/mol. The Morgan fingerprint density at radius 3 is 2.64 bits per heavy atom. The van der Waals surface area contributed by atoms with Crippen molar-refractivity contribution < 1.29 is 10.2 Å². The molecule has 0 aromatic rings. The second-order valence-corrected chi connectivity index (χ2v) is 3.16. The van der Waals surface area contributed by atoms with Crippen LogP contribution in [0.2, 0.25) is 0 Å². The molecule has 4 N–H and O–H groups in total. The Bertz CT molecular complexity index is 115. The van der Waals surface area contributed by atoms with E-state index in [0.717, 1.165) is 19.6 Å². The average Bonchev–Trinajstić information content (AvgIpc) is 1.95. The van der Waals surface area contributed by atoms with E-state index in [9.17, 15) is 0 Å². The fourth-order valence-corrected chi connectivity index (χ4v) is 1.33. The highest BCUT2D eigenvalue weighted by atomic mass is 16.3. The molecule has 4 heteroatoms. The maximum absolute atomic E-state index is 9.03. The fourth-order valence-electron chi connectivity index (χ4n) is 1.33. The number of rotatable bonds is 4. The molecule has 0 radical (unpaired) electrons. The van der Waals surface area contributed by atoms with Gasteiger partial charge in [0.2, 0.25) is 0 Å². The molecule has 0 aliphatic carbocycles. The predicted octanol–water partition coefficient (Wildman–Crippen LogP) is -1.77. The molecule has 0 amide bonds. The van der Waals surface area contributed by atoms with Crippen molar-refractivity contribution >= 4 is 0 Å². The van der Waals surface area contributed by atoms with Crippen LogP contribution >= 0.6 is 0 Å². The molecule has 1 unspecified atom stereocenters. The molecule has 4 nitrogen and oxygen atoms in total. The normalized spacial score (nSPS) is 23.2. The van der Waals surface area contributed by atoms with Gasteiger partial charge in [-0.3, -0.25) is 4.90 Å². The Balaban J connectivity index is 2.04. The number of hydrogen-bond donors (Lipinski definition) is 3. The molecule has 11 heavy (non-hydrogen) atoms. The summed E-state index contributed by atoms with van der Waals surface area (Å²) in [4.78, 5) is 2.10. The summed E-state index contributed by atoms with van der Waals surface area (Å²) in [5.74, 6) is 0.598. The quantitative estimate of drug-likeness (QED) is 0.455. The number of nitrogens with zero attached hydrogens (tertiary/aromatic N) is 1. The van der Waals surface area contributed by atoms with Crippen LogP contribution in [0.15, 0.2) is 0 Å². The number of β-amino-alcohol motifs (C(OH)–C–C–N with tert-alkyl or cyclic N) is 1. The van der Waals surface area contributed by atoms with E-state index in [1.807, 2.05) is 0 Å². The molecule has 1 heterocycles. The molecular formula is C7H16N2O2. The minimum Gasteiger partial charge on any atom is -0.394 e. The first-order valence-electron chi connectivity index (χ1n) is 3.97. The lowest BCUT2D eigenvalue weighted by molar-refractivity contribution is 0.0169. The molecule has 0 aromatic carbocycles. The number of aliphatic hydroxyl groups is 2. The Morgan fingerprint density at radius 1 is 1.55 bits per heavy atom. The number of nitrogens with two attached hydrogens (primary N) is 1. The smallest absolute Gasteiger partial charge is 0.0897 e. The van der Waals surface area contributed by atoms with E-state index in [0.29, 0.717) is 12.5 Å². The van der Waals surface area contributed by atoms with Crippen LogP contribution in [-0.2, 0) is 0 Å². The third kappa shape index (κ3) is 2.41. The van der Waals surface area contributed by atoms with Crippen molar-refractivity contribution in [1.29, 1.82) is 0 Å². The first-order valence-corrected chi connectivity index (χ1v) is 3.97. The van der Waals surface area contributed by atoms with Gasteiger partial charge in [0.25, 0.3) is 0 Å². The van der Waals surface area contributed by atoms with Gasteiger partial charge in [-0.25, -0.2) is 0 Å². The van der Waals surface area contributed by atoms with Crippen molar-refractivity contribution in [3.8, 4) is 0 Å². The third-order valence-electron chi connectivity index (χ3n) is 2.05. The summed E-state index contributed by atoms with van der Waals surface area (Å²) in [6.07, 6.45) is -0.589. The highest BCUT2D eigenvalue weighted by Crippen LogP contribution is 2.13. The summed E-state index contributed by atoms with van der Waals surface area (Å²) in [5, 5.41) is 17.6. The van der Waals surface area contributed by atoms with E-state index in [1.165, 1.54) is 0 Å². The molecule has 1 atom stereocenters. The second-order valence-electron chi connectivity index (χ2n) is 3.16. The van der Waals surface area contributed by atoms with E-state index in [1.54, 1.807) is 0 Å². The molecule has 1 saturated heterocycles. The van der Waals surface area contributed by atoms with E-state index in [-0.39, 0.29) is 6.61 Å². The molecule has 1 aliphatic heterocycles. The van der Waals surface area contributed by atoms with Crippen molar-refractivity contribution in [3.63, 3.8) is 0 Å². The zero-order chi connectivity index (χ0) is 8.27. The van der Waals surface area contributed by atoms with Crippen molar-refractivity contribution in [3.05, 3.63) is 0 Å². The zero-order valence-corrected chi connectivity index (χ0v) is 6.61. The van der Waals surface area contributed by atoms with Crippen LogP contribution in [-0.4, -0.2) is 54.0 Å². The van der Waals surface area contributed by atoms with E-state index in [2.05, 4.69) is 4.90 Å². The highest BCUT2D eigenvalue weighted by Gasteiger charge is 2.26. The SMILES string of the molecule is NCC1CN(CC(O)CO)C1. The van der Waals surface area contributed by atoms with Gasteiger partial charge < -0.3 is 15.9 Å². The van der Waals surface area contributed by atoms with Gasteiger partial charge in [0.05, 0.1) is 12.7 Å². The van der Waals surface area contributed by atoms with E-state index in [4.69, 9.17) is 15.9 Å². The van der Waals surface area contributed by atoms with Crippen molar-refractivity contribution in [1.82, 2.24) is 4.90 Å². The van der Waals surface area contributed by atoms with Crippen molar-refractivity contribution in [2.45, 2.75) is 6.10 Å². The summed E-state index contributed by atoms with van der Waals surface area (Å²) in [7, 11) is 0. The van der Waals surface area contributed by atoms with Crippen LogP contribution in [0.1, 0.15) is 0 Å². The zero-order valence-electron chi connectivity index (χ0n) is 6.61. The van der Waals surface area contributed by atoms with Gasteiger partial charge in [0.1, 0.15) is 0 Å².